The molecule has 2 rings (SSSR count). The van der Waals surface area contributed by atoms with Crippen molar-refractivity contribution < 1.29 is 36.3 Å². The zero-order chi connectivity index (χ0) is 44.4. The molecule has 0 saturated heterocycles. The standard InChI is InChI=1S/C23H39O2S.C17H25BrO2.C6H14S.CH4.BF4/c1-6-7-8-12-18-25-23(24)17-13-16-22(21-14-10-9-11-15-21)26(19(2)3)20(4)5;1-2-3-4-8-14-20-17(19)13-9-12-16(18)15-10-6-5-7-11-15;1-5(2)7-6(3)4;;2-1(3,4)5/h9-11,14-15,19-20,22H,6-8,12-13,16-18H2,1-5H3;5-7,10-11,16H,2-4,8-9,12-14H2,1H3;5-6H,1-4H3;1H4;/q+1;;;;-1. The fourth-order valence-electron chi connectivity index (χ4n) is 6.13. The van der Waals surface area contributed by atoms with Crippen molar-refractivity contribution in [1.82, 2.24) is 0 Å². The van der Waals surface area contributed by atoms with Gasteiger partial charge >= 0.3 is 19.2 Å². The summed E-state index contributed by atoms with van der Waals surface area (Å²) < 4.78 is 49.6. The van der Waals surface area contributed by atoms with E-state index in [2.05, 4.69) is 128 Å². The number of rotatable bonds is 25. The van der Waals surface area contributed by atoms with Crippen molar-refractivity contribution in [3.63, 3.8) is 0 Å². The first-order chi connectivity index (χ1) is 27.3. The molecule has 0 heterocycles. The van der Waals surface area contributed by atoms with Gasteiger partial charge < -0.3 is 26.7 Å². The molecule has 2 aromatic rings. The van der Waals surface area contributed by atoms with Crippen LogP contribution in [0.15, 0.2) is 60.7 Å². The minimum absolute atomic E-state index is 0. The van der Waals surface area contributed by atoms with E-state index in [4.69, 9.17) is 9.47 Å². The molecule has 344 valence electrons. The van der Waals surface area contributed by atoms with Crippen LogP contribution in [0, 0.1) is 0 Å². The van der Waals surface area contributed by atoms with E-state index in [-0.39, 0.29) is 19.4 Å². The predicted molar refractivity (Wildman–Crippen MR) is 258 cm³/mol. The zero-order valence-corrected chi connectivity index (χ0v) is 40.7. The van der Waals surface area contributed by atoms with E-state index in [0.29, 0.717) is 57.5 Å². The molecule has 12 heteroatoms. The van der Waals surface area contributed by atoms with E-state index in [1.807, 2.05) is 30.0 Å². The SMILES string of the molecule is C.CC(C)SC(C)C.CCCCCCOC(=O)CCCC(Br)c1ccccc1.CCCCCCOC(=O)CCCC(c1ccccc1)[S+](C(C)C)C(C)C.F[B-](F)(F)F. The van der Waals surface area contributed by atoms with Gasteiger partial charge in [0.05, 0.1) is 13.2 Å². The minimum atomic E-state index is -6.00. The third-order valence-corrected chi connectivity index (χ3v) is 13.9. The van der Waals surface area contributed by atoms with E-state index >= 15 is 0 Å². The summed E-state index contributed by atoms with van der Waals surface area (Å²) in [5.74, 6) is -0.0865. The Bertz CT molecular complexity index is 1220. The summed E-state index contributed by atoms with van der Waals surface area (Å²) in [6, 6.07) is 21.1. The molecule has 0 aliphatic rings. The van der Waals surface area contributed by atoms with E-state index in [1.165, 1.54) is 36.8 Å². The van der Waals surface area contributed by atoms with Crippen molar-refractivity contribution in [3.8, 4) is 0 Å². The Morgan fingerprint density at radius 1 is 0.610 bits per heavy atom. The summed E-state index contributed by atoms with van der Waals surface area (Å²) in [5.41, 5.74) is 2.69. The van der Waals surface area contributed by atoms with Gasteiger partial charge in [-0.15, -0.1) is 0 Å². The third-order valence-electron chi connectivity index (χ3n) is 8.50. The Labute approximate surface area is 374 Å². The van der Waals surface area contributed by atoms with Crippen LogP contribution in [-0.4, -0.2) is 53.4 Å². The summed E-state index contributed by atoms with van der Waals surface area (Å²) >= 11 is 5.67. The first-order valence-corrected chi connectivity index (χ1v) is 24.9. The van der Waals surface area contributed by atoms with Gasteiger partial charge in [0.15, 0.2) is 0 Å². The van der Waals surface area contributed by atoms with E-state index < -0.39 is 7.25 Å². The van der Waals surface area contributed by atoms with Crippen molar-refractivity contribution in [2.24, 2.45) is 0 Å². The quantitative estimate of drug-likeness (QED) is 0.0248. The average molecular weight is 942 g/mol. The summed E-state index contributed by atoms with van der Waals surface area (Å²) in [4.78, 5) is 23.9. The molecule has 0 aliphatic heterocycles. The van der Waals surface area contributed by atoms with Crippen LogP contribution in [-0.2, 0) is 30.0 Å². The second-order valence-corrected chi connectivity index (χ2v) is 21.9. The Kier molecular flexibility index (Phi) is 41.0. The molecule has 0 aliphatic carbocycles. The smallest absolute Gasteiger partial charge is 0.466 e. The summed E-state index contributed by atoms with van der Waals surface area (Å²) in [5, 5.41) is 3.44. The summed E-state index contributed by atoms with van der Waals surface area (Å²) in [6.07, 6.45) is 14.0. The highest BCUT2D eigenvalue weighted by Crippen LogP contribution is 2.35. The number of hydrogen-bond acceptors (Lipinski definition) is 5. The number of carbonyl (C=O) groups is 2. The number of alkyl halides is 1. The average Bonchev–Trinajstić information content (AvgIpc) is 3.14. The van der Waals surface area contributed by atoms with E-state index in [0.717, 1.165) is 61.9 Å². The lowest BCUT2D eigenvalue weighted by atomic mass is 10.1. The molecular formula is C47H82BBrF4O4S2. The van der Waals surface area contributed by atoms with Crippen molar-refractivity contribution in [3.05, 3.63) is 71.8 Å². The van der Waals surface area contributed by atoms with Crippen molar-refractivity contribution >= 4 is 57.8 Å². The molecule has 0 fully saturated rings. The molecule has 0 aromatic heterocycles. The zero-order valence-electron chi connectivity index (χ0n) is 37.5. The van der Waals surface area contributed by atoms with Gasteiger partial charge in [0.25, 0.3) is 0 Å². The Hall–Kier alpha value is -1.66. The van der Waals surface area contributed by atoms with Gasteiger partial charge in [-0.1, -0.05) is 164 Å². The monoisotopic (exact) mass is 940 g/mol. The molecule has 0 bridgehead atoms. The molecule has 0 N–H and O–H groups in total. The molecular weight excluding hydrogens is 859 g/mol. The first-order valence-electron chi connectivity index (χ1n) is 21.6. The summed E-state index contributed by atoms with van der Waals surface area (Å²) in [6.45, 7) is 23.8. The van der Waals surface area contributed by atoms with Crippen LogP contribution in [0.5, 0.6) is 0 Å². The van der Waals surface area contributed by atoms with Gasteiger partial charge in [0, 0.05) is 23.2 Å². The van der Waals surface area contributed by atoms with Crippen molar-refractivity contribution in [2.75, 3.05) is 13.2 Å². The maximum absolute atomic E-state index is 12.0. The normalized spacial score (nSPS) is 12.1. The van der Waals surface area contributed by atoms with Crippen molar-refractivity contribution in [1.29, 1.82) is 0 Å². The van der Waals surface area contributed by atoms with E-state index in [1.54, 1.807) is 0 Å². The van der Waals surface area contributed by atoms with Crippen LogP contribution < -0.4 is 0 Å². The molecule has 0 amide bonds. The number of esters is 2. The fourth-order valence-corrected chi connectivity index (χ4v) is 11.2. The highest BCUT2D eigenvalue weighted by Gasteiger charge is 2.37. The van der Waals surface area contributed by atoms with Crippen LogP contribution in [0.25, 0.3) is 0 Å². The number of hydrogen-bond donors (Lipinski definition) is 0. The van der Waals surface area contributed by atoms with E-state index in [9.17, 15) is 26.9 Å². The Morgan fingerprint density at radius 3 is 1.32 bits per heavy atom. The lowest BCUT2D eigenvalue weighted by Gasteiger charge is -2.25. The highest BCUT2D eigenvalue weighted by atomic mass is 79.9. The molecule has 2 aromatic carbocycles. The molecule has 59 heavy (non-hydrogen) atoms. The van der Waals surface area contributed by atoms with Crippen LogP contribution in [0.3, 0.4) is 0 Å². The van der Waals surface area contributed by atoms with Gasteiger partial charge in [-0.05, 0) is 93.2 Å². The Morgan fingerprint density at radius 2 is 0.983 bits per heavy atom. The molecule has 2 atom stereocenters. The molecule has 0 saturated carbocycles. The van der Waals surface area contributed by atoms with Crippen LogP contribution in [0.2, 0.25) is 0 Å². The van der Waals surface area contributed by atoms with Gasteiger partial charge in [0.2, 0.25) is 0 Å². The number of carbonyl (C=O) groups excluding carboxylic acids is 2. The second-order valence-electron chi connectivity index (χ2n) is 15.4. The number of ether oxygens (including phenoxy) is 2. The van der Waals surface area contributed by atoms with Crippen molar-refractivity contribution in [2.45, 2.75) is 198 Å². The van der Waals surface area contributed by atoms with Crippen LogP contribution >= 0.6 is 27.7 Å². The predicted octanol–water partition coefficient (Wildman–Crippen LogP) is 16.3. The third kappa shape index (κ3) is 40.2. The molecule has 4 nitrogen and oxygen atoms in total. The van der Waals surface area contributed by atoms with Crippen LogP contribution in [0.1, 0.15) is 188 Å². The van der Waals surface area contributed by atoms with Gasteiger partial charge in [0.1, 0.15) is 15.7 Å². The molecule has 0 spiro atoms. The maximum atomic E-state index is 12.0. The molecule has 0 radical (unpaired) electrons. The van der Waals surface area contributed by atoms with Gasteiger partial charge in [-0.25, -0.2) is 0 Å². The lowest BCUT2D eigenvalue weighted by Crippen LogP contribution is -2.30. The van der Waals surface area contributed by atoms with Gasteiger partial charge in [-0.3, -0.25) is 9.59 Å². The number of unbranched alkanes of at least 4 members (excludes halogenated alkanes) is 6. The lowest BCUT2D eigenvalue weighted by molar-refractivity contribution is -0.144. The topological polar surface area (TPSA) is 52.6 Å². The Balaban J connectivity index is -0.000000834. The maximum Gasteiger partial charge on any atom is 0.673 e. The summed E-state index contributed by atoms with van der Waals surface area (Å²) in [7, 11) is -5.69. The largest absolute Gasteiger partial charge is 0.673 e. The number of halogens is 5. The number of thioether (sulfide) groups is 1. The van der Waals surface area contributed by atoms with Crippen LogP contribution in [0.4, 0.5) is 17.3 Å². The number of benzene rings is 2. The first kappa shape index (κ1) is 61.6. The highest BCUT2D eigenvalue weighted by molar-refractivity contribution is 9.09. The van der Waals surface area contributed by atoms with Gasteiger partial charge in [-0.2, -0.15) is 11.8 Å². The molecule has 2 unspecified atom stereocenters. The second kappa shape index (κ2) is 39.2. The minimum Gasteiger partial charge on any atom is -0.466 e. The fraction of sp³-hybridized carbons (Fsp3) is 0.702.